The Morgan fingerprint density at radius 2 is 2.11 bits per heavy atom. The fourth-order valence-electron chi connectivity index (χ4n) is 1.86. The molecule has 0 spiro atoms. The maximum absolute atomic E-state index is 11.7. The quantitative estimate of drug-likeness (QED) is 0.732. The van der Waals surface area contributed by atoms with Crippen molar-refractivity contribution in [2.45, 2.75) is 32.4 Å². The number of carbonyl (C=O) groups excluding carboxylic acids is 1. The van der Waals surface area contributed by atoms with Crippen LogP contribution in [0.3, 0.4) is 0 Å². The molecule has 0 aliphatic rings. The minimum Gasteiger partial charge on any atom is -0.504 e. The summed E-state index contributed by atoms with van der Waals surface area (Å²) in [6.07, 6.45) is 0. The van der Waals surface area contributed by atoms with Crippen molar-refractivity contribution in [3.63, 3.8) is 0 Å². The van der Waals surface area contributed by atoms with Crippen molar-refractivity contribution in [1.82, 2.24) is 5.32 Å². The van der Waals surface area contributed by atoms with Crippen molar-refractivity contribution in [2.24, 2.45) is 5.73 Å². The number of amides is 1. The second kappa shape index (κ2) is 5.27. The molecule has 1 atom stereocenters. The van der Waals surface area contributed by atoms with E-state index in [4.69, 9.17) is 10.5 Å². The molecule has 1 unspecified atom stereocenters. The molecule has 1 aromatic carbocycles. The van der Waals surface area contributed by atoms with Gasteiger partial charge in [-0.1, -0.05) is 6.07 Å². The lowest BCUT2D eigenvalue weighted by Crippen LogP contribution is -2.52. The Kier molecular flexibility index (Phi) is 4.19. The van der Waals surface area contributed by atoms with Gasteiger partial charge in [0.25, 0.3) is 0 Å². The van der Waals surface area contributed by atoms with Gasteiger partial charge in [0.1, 0.15) is 5.54 Å². The molecular formula is C13H20N2O3. The maximum Gasteiger partial charge on any atom is 0.242 e. The number of carbonyl (C=O) groups is 1. The van der Waals surface area contributed by atoms with E-state index in [1.807, 2.05) is 13.8 Å². The van der Waals surface area contributed by atoms with Crippen LogP contribution in [0.5, 0.6) is 11.5 Å². The third-order valence-electron chi connectivity index (χ3n) is 2.83. The van der Waals surface area contributed by atoms with Crippen molar-refractivity contribution in [1.29, 1.82) is 0 Å². The van der Waals surface area contributed by atoms with Gasteiger partial charge in [-0.2, -0.15) is 0 Å². The summed E-state index contributed by atoms with van der Waals surface area (Å²) in [5, 5.41) is 12.7. The number of rotatable bonds is 5. The highest BCUT2D eigenvalue weighted by Gasteiger charge is 2.34. The van der Waals surface area contributed by atoms with Crippen LogP contribution in [0.15, 0.2) is 18.2 Å². The summed E-state index contributed by atoms with van der Waals surface area (Å²) in [5.74, 6) is -0.146. The number of benzene rings is 1. The summed E-state index contributed by atoms with van der Waals surface area (Å²) in [6, 6.07) is 4.83. The molecule has 0 aromatic heterocycles. The van der Waals surface area contributed by atoms with E-state index in [9.17, 15) is 9.90 Å². The Hall–Kier alpha value is -1.75. The molecule has 1 aromatic rings. The first kappa shape index (κ1) is 14.3. The molecule has 0 heterocycles. The normalized spacial score (nSPS) is 14.3. The van der Waals surface area contributed by atoms with Crippen LogP contribution in [0, 0.1) is 0 Å². The van der Waals surface area contributed by atoms with E-state index < -0.39 is 11.4 Å². The number of methoxy groups -OCH3 is 1. The number of phenols is 1. The third kappa shape index (κ3) is 2.73. The number of hydrogen-bond acceptors (Lipinski definition) is 4. The largest absolute Gasteiger partial charge is 0.504 e. The lowest BCUT2D eigenvalue weighted by molar-refractivity contribution is -0.124. The van der Waals surface area contributed by atoms with E-state index in [1.54, 1.807) is 19.1 Å². The Bertz CT molecular complexity index is 446. The number of nitrogens with two attached hydrogens (primary N) is 1. The molecule has 5 heteroatoms. The van der Waals surface area contributed by atoms with Gasteiger partial charge in [-0.05, 0) is 38.5 Å². The van der Waals surface area contributed by atoms with Gasteiger partial charge in [-0.15, -0.1) is 0 Å². The SMILES string of the molecule is COc1cc(C(C)(NC(C)C)C(N)=O)ccc1O. The zero-order valence-corrected chi connectivity index (χ0v) is 11.2. The first-order valence-corrected chi connectivity index (χ1v) is 5.76. The van der Waals surface area contributed by atoms with Crippen molar-refractivity contribution in [3.05, 3.63) is 23.8 Å². The number of ether oxygens (including phenoxy) is 1. The van der Waals surface area contributed by atoms with Gasteiger partial charge < -0.3 is 15.6 Å². The second-order valence-electron chi connectivity index (χ2n) is 4.67. The zero-order valence-electron chi connectivity index (χ0n) is 11.2. The van der Waals surface area contributed by atoms with Crippen LogP contribution >= 0.6 is 0 Å². The van der Waals surface area contributed by atoms with Crippen molar-refractivity contribution >= 4 is 5.91 Å². The predicted molar refractivity (Wildman–Crippen MR) is 69.5 cm³/mol. The monoisotopic (exact) mass is 252 g/mol. The summed E-state index contributed by atoms with van der Waals surface area (Å²) in [6.45, 7) is 5.57. The summed E-state index contributed by atoms with van der Waals surface area (Å²) >= 11 is 0. The predicted octanol–water partition coefficient (Wildman–Crippen LogP) is 1.10. The number of phenolic OH excluding ortho intramolecular Hbond substituents is 1. The topological polar surface area (TPSA) is 84.6 Å². The third-order valence-corrected chi connectivity index (χ3v) is 2.83. The lowest BCUT2D eigenvalue weighted by atomic mass is 9.90. The number of hydrogen-bond donors (Lipinski definition) is 3. The van der Waals surface area contributed by atoms with Gasteiger partial charge >= 0.3 is 0 Å². The highest BCUT2D eigenvalue weighted by Crippen LogP contribution is 2.31. The molecule has 5 nitrogen and oxygen atoms in total. The molecule has 0 aliphatic carbocycles. The molecule has 1 rings (SSSR count). The number of aromatic hydroxyl groups is 1. The summed E-state index contributed by atoms with van der Waals surface area (Å²) in [7, 11) is 1.45. The molecule has 0 radical (unpaired) electrons. The standard InChI is InChI=1S/C13H20N2O3/c1-8(2)15-13(3,12(14)17)9-5-6-10(16)11(7-9)18-4/h5-8,15-16H,1-4H3,(H2,14,17). The van der Waals surface area contributed by atoms with E-state index in [0.29, 0.717) is 11.3 Å². The van der Waals surface area contributed by atoms with Crippen LogP contribution in [-0.2, 0) is 10.3 Å². The second-order valence-corrected chi connectivity index (χ2v) is 4.67. The lowest BCUT2D eigenvalue weighted by Gasteiger charge is -2.30. The first-order valence-electron chi connectivity index (χ1n) is 5.76. The maximum atomic E-state index is 11.7. The first-order chi connectivity index (χ1) is 8.31. The van der Waals surface area contributed by atoms with Gasteiger partial charge in [0.05, 0.1) is 7.11 Å². The molecule has 4 N–H and O–H groups in total. The molecule has 0 aliphatic heterocycles. The van der Waals surface area contributed by atoms with E-state index in [0.717, 1.165) is 0 Å². The van der Waals surface area contributed by atoms with Gasteiger partial charge in [0.2, 0.25) is 5.91 Å². The fourth-order valence-corrected chi connectivity index (χ4v) is 1.86. The molecule has 1 amide bonds. The van der Waals surface area contributed by atoms with Gasteiger partial charge in [0.15, 0.2) is 11.5 Å². The van der Waals surface area contributed by atoms with Crippen LogP contribution in [0.4, 0.5) is 0 Å². The van der Waals surface area contributed by atoms with Crippen LogP contribution in [-0.4, -0.2) is 24.2 Å². The summed E-state index contributed by atoms with van der Waals surface area (Å²) in [4.78, 5) is 11.7. The van der Waals surface area contributed by atoms with Crippen LogP contribution in [0.1, 0.15) is 26.3 Å². The van der Waals surface area contributed by atoms with Gasteiger partial charge in [-0.3, -0.25) is 10.1 Å². The zero-order chi connectivity index (χ0) is 13.9. The molecule has 0 bridgehead atoms. The van der Waals surface area contributed by atoms with Crippen LogP contribution < -0.4 is 15.8 Å². The van der Waals surface area contributed by atoms with E-state index >= 15 is 0 Å². The smallest absolute Gasteiger partial charge is 0.242 e. The fraction of sp³-hybridized carbons (Fsp3) is 0.462. The average molecular weight is 252 g/mol. The van der Waals surface area contributed by atoms with Crippen LogP contribution in [0.25, 0.3) is 0 Å². The Labute approximate surface area is 107 Å². The highest BCUT2D eigenvalue weighted by molar-refractivity contribution is 5.86. The van der Waals surface area contributed by atoms with Gasteiger partial charge in [0, 0.05) is 6.04 Å². The number of nitrogens with one attached hydrogen (secondary N) is 1. The highest BCUT2D eigenvalue weighted by atomic mass is 16.5. The summed E-state index contributed by atoms with van der Waals surface area (Å²) < 4.78 is 5.04. The minimum absolute atomic E-state index is 0.0256. The van der Waals surface area contributed by atoms with E-state index in [-0.39, 0.29) is 11.8 Å². The van der Waals surface area contributed by atoms with Crippen molar-refractivity contribution in [3.8, 4) is 11.5 Å². The van der Waals surface area contributed by atoms with E-state index in [2.05, 4.69) is 5.32 Å². The Morgan fingerprint density at radius 3 is 2.56 bits per heavy atom. The average Bonchev–Trinajstić information content (AvgIpc) is 2.28. The molecule has 0 fully saturated rings. The molecule has 100 valence electrons. The van der Waals surface area contributed by atoms with E-state index in [1.165, 1.54) is 13.2 Å². The number of primary amides is 1. The Morgan fingerprint density at radius 1 is 1.50 bits per heavy atom. The van der Waals surface area contributed by atoms with Crippen LogP contribution in [0.2, 0.25) is 0 Å². The minimum atomic E-state index is -1.00. The summed E-state index contributed by atoms with van der Waals surface area (Å²) in [5.41, 5.74) is 5.12. The molecular weight excluding hydrogens is 232 g/mol. The van der Waals surface area contributed by atoms with Gasteiger partial charge in [-0.25, -0.2) is 0 Å². The molecule has 0 saturated carbocycles. The van der Waals surface area contributed by atoms with Crippen molar-refractivity contribution < 1.29 is 14.6 Å². The molecule has 0 saturated heterocycles. The molecule has 18 heavy (non-hydrogen) atoms. The van der Waals surface area contributed by atoms with Crippen molar-refractivity contribution in [2.75, 3.05) is 7.11 Å². The Balaban J connectivity index is 3.26.